The van der Waals surface area contributed by atoms with E-state index in [1.165, 1.54) is 44.3 Å². The van der Waals surface area contributed by atoms with Crippen molar-refractivity contribution >= 4 is 5.82 Å². The third kappa shape index (κ3) is 2.83. The first-order valence-corrected chi connectivity index (χ1v) is 8.01. The smallest absolute Gasteiger partial charge is 0.126 e. The van der Waals surface area contributed by atoms with Crippen LogP contribution in [0.25, 0.3) is 0 Å². The fraction of sp³-hybridized carbons (Fsp3) is 0.706. The van der Waals surface area contributed by atoms with E-state index in [9.17, 15) is 0 Å². The van der Waals surface area contributed by atoms with Gasteiger partial charge in [-0.1, -0.05) is 33.3 Å². The number of nitrogens with zero attached hydrogens (tertiary/aromatic N) is 2. The molecule has 0 amide bonds. The Morgan fingerprint density at radius 3 is 2.70 bits per heavy atom. The standard InChI is InChI=1S/C17H27N3/c1-17(2,3)13-7-8-16(18-12-13)19-14-9-11-20-10-5-4-6-15(14)20/h7-8,12,14-15H,4-6,9-11H2,1-3H3,(H,18,19). The molecule has 1 aromatic heterocycles. The normalized spacial score (nSPS) is 27.4. The Morgan fingerprint density at radius 1 is 1.15 bits per heavy atom. The first-order chi connectivity index (χ1) is 9.54. The third-order valence-corrected chi connectivity index (χ3v) is 4.82. The van der Waals surface area contributed by atoms with Crippen LogP contribution in [0, 0.1) is 0 Å². The van der Waals surface area contributed by atoms with Crippen LogP contribution in [-0.4, -0.2) is 35.1 Å². The van der Waals surface area contributed by atoms with Crippen molar-refractivity contribution in [2.24, 2.45) is 0 Å². The number of hydrogen-bond acceptors (Lipinski definition) is 3. The number of anilines is 1. The maximum Gasteiger partial charge on any atom is 0.126 e. The molecule has 0 spiro atoms. The number of fused-ring (bicyclic) bond motifs is 1. The lowest BCUT2D eigenvalue weighted by atomic mass is 9.88. The molecule has 0 aromatic carbocycles. The van der Waals surface area contributed by atoms with Crippen molar-refractivity contribution in [1.29, 1.82) is 0 Å². The fourth-order valence-electron chi connectivity index (χ4n) is 3.53. The Kier molecular flexibility index (Phi) is 3.72. The molecule has 2 aliphatic heterocycles. The molecule has 3 nitrogen and oxygen atoms in total. The van der Waals surface area contributed by atoms with Crippen LogP contribution in [0.5, 0.6) is 0 Å². The van der Waals surface area contributed by atoms with Crippen molar-refractivity contribution < 1.29 is 0 Å². The molecule has 2 saturated heterocycles. The summed E-state index contributed by atoms with van der Waals surface area (Å²) in [5.41, 5.74) is 1.48. The van der Waals surface area contributed by atoms with E-state index < -0.39 is 0 Å². The second kappa shape index (κ2) is 5.36. The van der Waals surface area contributed by atoms with Gasteiger partial charge in [-0.2, -0.15) is 0 Å². The van der Waals surface area contributed by atoms with Gasteiger partial charge in [0.15, 0.2) is 0 Å². The summed E-state index contributed by atoms with van der Waals surface area (Å²) in [7, 11) is 0. The van der Waals surface area contributed by atoms with Gasteiger partial charge < -0.3 is 5.32 Å². The van der Waals surface area contributed by atoms with E-state index in [0.717, 1.165) is 11.9 Å². The van der Waals surface area contributed by atoms with Crippen LogP contribution in [0.3, 0.4) is 0 Å². The molecule has 0 radical (unpaired) electrons. The summed E-state index contributed by atoms with van der Waals surface area (Å²) in [4.78, 5) is 7.27. The van der Waals surface area contributed by atoms with E-state index >= 15 is 0 Å². The summed E-state index contributed by atoms with van der Waals surface area (Å²) < 4.78 is 0. The van der Waals surface area contributed by atoms with Gasteiger partial charge in [0.05, 0.1) is 0 Å². The van der Waals surface area contributed by atoms with Gasteiger partial charge in [0.1, 0.15) is 5.82 Å². The minimum atomic E-state index is 0.180. The number of rotatable bonds is 2. The average Bonchev–Trinajstić information content (AvgIpc) is 2.82. The summed E-state index contributed by atoms with van der Waals surface area (Å²) in [5.74, 6) is 1.04. The lowest BCUT2D eigenvalue weighted by Crippen LogP contribution is -2.41. The highest BCUT2D eigenvalue weighted by molar-refractivity contribution is 5.39. The van der Waals surface area contributed by atoms with Crippen molar-refractivity contribution in [3.8, 4) is 0 Å². The molecule has 0 aliphatic carbocycles. The van der Waals surface area contributed by atoms with Gasteiger partial charge in [0.2, 0.25) is 0 Å². The number of aromatic nitrogens is 1. The minimum Gasteiger partial charge on any atom is -0.366 e. The maximum absolute atomic E-state index is 4.62. The summed E-state index contributed by atoms with van der Waals surface area (Å²) in [6, 6.07) is 5.67. The zero-order valence-corrected chi connectivity index (χ0v) is 13.0. The zero-order chi connectivity index (χ0) is 14.2. The van der Waals surface area contributed by atoms with E-state index in [0.29, 0.717) is 6.04 Å². The minimum absolute atomic E-state index is 0.180. The predicted molar refractivity (Wildman–Crippen MR) is 84.2 cm³/mol. The van der Waals surface area contributed by atoms with Gasteiger partial charge in [-0.05, 0) is 42.9 Å². The van der Waals surface area contributed by atoms with E-state index in [4.69, 9.17) is 0 Å². The number of pyridine rings is 1. The Balaban J connectivity index is 1.66. The molecule has 20 heavy (non-hydrogen) atoms. The van der Waals surface area contributed by atoms with Crippen molar-refractivity contribution in [2.75, 3.05) is 18.4 Å². The predicted octanol–water partition coefficient (Wildman–Crippen LogP) is 3.42. The number of piperidine rings is 1. The summed E-state index contributed by atoms with van der Waals surface area (Å²) in [6.07, 6.45) is 7.39. The fourth-order valence-corrected chi connectivity index (χ4v) is 3.53. The second-order valence-electron chi connectivity index (χ2n) is 7.32. The largest absolute Gasteiger partial charge is 0.366 e. The molecule has 1 N–H and O–H groups in total. The molecule has 3 heterocycles. The molecule has 2 fully saturated rings. The number of hydrogen-bond donors (Lipinski definition) is 1. The lowest BCUT2D eigenvalue weighted by Gasteiger charge is -2.32. The topological polar surface area (TPSA) is 28.2 Å². The van der Waals surface area contributed by atoms with Crippen molar-refractivity contribution in [1.82, 2.24) is 9.88 Å². The summed E-state index contributed by atoms with van der Waals surface area (Å²) in [6.45, 7) is 9.23. The van der Waals surface area contributed by atoms with E-state index in [1.807, 2.05) is 6.20 Å². The zero-order valence-electron chi connectivity index (χ0n) is 13.0. The van der Waals surface area contributed by atoms with Crippen LogP contribution < -0.4 is 5.32 Å². The molecular weight excluding hydrogens is 246 g/mol. The Morgan fingerprint density at radius 2 is 2.00 bits per heavy atom. The second-order valence-corrected chi connectivity index (χ2v) is 7.32. The highest BCUT2D eigenvalue weighted by atomic mass is 15.2. The molecular formula is C17H27N3. The van der Waals surface area contributed by atoms with Gasteiger partial charge >= 0.3 is 0 Å². The quantitative estimate of drug-likeness (QED) is 0.895. The van der Waals surface area contributed by atoms with Crippen LogP contribution in [0.4, 0.5) is 5.82 Å². The van der Waals surface area contributed by atoms with Gasteiger partial charge in [-0.3, -0.25) is 4.90 Å². The molecule has 0 saturated carbocycles. The molecule has 2 atom stereocenters. The SMILES string of the molecule is CC(C)(C)c1ccc(NC2CCN3CCCCC23)nc1. The molecule has 3 rings (SSSR count). The Hall–Kier alpha value is -1.09. The maximum atomic E-state index is 4.62. The van der Waals surface area contributed by atoms with E-state index in [2.05, 4.69) is 48.1 Å². The van der Waals surface area contributed by atoms with Crippen LogP contribution in [0.1, 0.15) is 52.0 Å². The van der Waals surface area contributed by atoms with Gasteiger partial charge in [-0.25, -0.2) is 4.98 Å². The summed E-state index contributed by atoms with van der Waals surface area (Å²) in [5, 5.41) is 3.67. The first kappa shape index (κ1) is 13.9. The average molecular weight is 273 g/mol. The van der Waals surface area contributed by atoms with Gasteiger partial charge in [-0.15, -0.1) is 0 Å². The van der Waals surface area contributed by atoms with Crippen molar-refractivity contribution in [3.63, 3.8) is 0 Å². The van der Waals surface area contributed by atoms with E-state index in [-0.39, 0.29) is 5.41 Å². The van der Waals surface area contributed by atoms with Crippen LogP contribution in [-0.2, 0) is 5.41 Å². The Labute approximate surface area is 122 Å². The van der Waals surface area contributed by atoms with E-state index in [1.54, 1.807) is 0 Å². The highest BCUT2D eigenvalue weighted by Gasteiger charge is 2.35. The first-order valence-electron chi connectivity index (χ1n) is 8.01. The summed E-state index contributed by atoms with van der Waals surface area (Å²) >= 11 is 0. The van der Waals surface area contributed by atoms with Crippen LogP contribution in [0.2, 0.25) is 0 Å². The molecule has 1 aromatic rings. The van der Waals surface area contributed by atoms with Crippen LogP contribution >= 0.6 is 0 Å². The monoisotopic (exact) mass is 273 g/mol. The Bertz CT molecular complexity index is 446. The van der Waals surface area contributed by atoms with Gasteiger partial charge in [0, 0.05) is 24.8 Å². The van der Waals surface area contributed by atoms with Crippen LogP contribution in [0.15, 0.2) is 18.3 Å². The highest BCUT2D eigenvalue weighted by Crippen LogP contribution is 2.29. The number of nitrogens with one attached hydrogen (secondary N) is 1. The molecule has 3 heteroatoms. The van der Waals surface area contributed by atoms with Gasteiger partial charge in [0.25, 0.3) is 0 Å². The van der Waals surface area contributed by atoms with Crippen molar-refractivity contribution in [2.45, 2.75) is 64.0 Å². The molecule has 2 aliphatic rings. The third-order valence-electron chi connectivity index (χ3n) is 4.82. The molecule has 110 valence electrons. The molecule has 2 unspecified atom stereocenters. The van der Waals surface area contributed by atoms with Crippen molar-refractivity contribution in [3.05, 3.63) is 23.9 Å². The lowest BCUT2D eigenvalue weighted by molar-refractivity contribution is 0.192. The molecule has 0 bridgehead atoms.